The van der Waals surface area contributed by atoms with Gasteiger partial charge in [0.1, 0.15) is 0 Å². The van der Waals surface area contributed by atoms with E-state index in [4.69, 9.17) is 0 Å². The van der Waals surface area contributed by atoms with Crippen LogP contribution in [0.2, 0.25) is 0 Å². The first-order valence-electron chi connectivity index (χ1n) is 7.12. The summed E-state index contributed by atoms with van der Waals surface area (Å²) in [4.78, 5) is 15.7. The van der Waals surface area contributed by atoms with Gasteiger partial charge in [0.25, 0.3) is 0 Å². The first kappa shape index (κ1) is 13.4. The van der Waals surface area contributed by atoms with Crippen LogP contribution in [-0.4, -0.2) is 33.2 Å². The van der Waals surface area contributed by atoms with Crippen LogP contribution in [0.15, 0.2) is 36.0 Å². The first-order chi connectivity index (χ1) is 9.83. The fraction of sp³-hybridized carbons (Fsp3) is 0.467. The van der Waals surface area contributed by atoms with Gasteiger partial charge in [-0.25, -0.2) is 0 Å². The zero-order valence-electron chi connectivity index (χ0n) is 11.4. The largest absolute Gasteiger partial charge is 0.338 e. The molecule has 1 saturated heterocycles. The lowest BCUT2D eigenvalue weighted by Gasteiger charge is -2.24. The van der Waals surface area contributed by atoms with Crippen molar-refractivity contribution in [3.8, 4) is 0 Å². The molecule has 1 amide bonds. The van der Waals surface area contributed by atoms with Crippen LogP contribution < -0.4 is 0 Å². The van der Waals surface area contributed by atoms with E-state index < -0.39 is 0 Å². The molecule has 1 atom stereocenters. The minimum Gasteiger partial charge on any atom is -0.338 e. The second-order valence-electron chi connectivity index (χ2n) is 5.19. The maximum atomic E-state index is 12.4. The van der Waals surface area contributed by atoms with Gasteiger partial charge in [0.05, 0.1) is 12.6 Å². The van der Waals surface area contributed by atoms with Gasteiger partial charge in [0, 0.05) is 30.2 Å². The van der Waals surface area contributed by atoms with E-state index in [2.05, 4.69) is 21.4 Å². The molecule has 1 aliphatic heterocycles. The Morgan fingerprint density at radius 2 is 2.40 bits per heavy atom. The molecule has 1 unspecified atom stereocenters. The number of hydrogen-bond donors (Lipinski definition) is 0. The molecule has 0 saturated carbocycles. The number of carbonyl (C=O) groups is 1. The van der Waals surface area contributed by atoms with Crippen LogP contribution in [0.1, 0.15) is 24.1 Å². The van der Waals surface area contributed by atoms with Crippen molar-refractivity contribution < 1.29 is 4.79 Å². The lowest BCUT2D eigenvalue weighted by Crippen LogP contribution is -2.38. The highest BCUT2D eigenvalue weighted by Gasteiger charge is 2.28. The number of amides is 1. The highest BCUT2D eigenvalue weighted by Crippen LogP contribution is 2.21. The number of carbonyl (C=O) groups excluding carboxylic acids is 1. The third-order valence-corrected chi connectivity index (χ3v) is 4.76. The summed E-state index contributed by atoms with van der Waals surface area (Å²) in [5.41, 5.74) is 0. The molecule has 0 spiro atoms. The van der Waals surface area contributed by atoms with Crippen LogP contribution in [0.3, 0.4) is 0 Å². The maximum Gasteiger partial charge on any atom is 0.223 e. The molecule has 5 heteroatoms. The van der Waals surface area contributed by atoms with E-state index in [1.165, 1.54) is 4.88 Å². The van der Waals surface area contributed by atoms with Crippen molar-refractivity contribution >= 4 is 17.2 Å². The summed E-state index contributed by atoms with van der Waals surface area (Å²) in [6.45, 7) is 1.72. The summed E-state index contributed by atoms with van der Waals surface area (Å²) in [6, 6.07) is 6.38. The molecule has 20 heavy (non-hydrogen) atoms. The number of aromatic nitrogens is 2. The quantitative estimate of drug-likeness (QED) is 0.848. The van der Waals surface area contributed by atoms with Crippen LogP contribution in [0.25, 0.3) is 0 Å². The van der Waals surface area contributed by atoms with Gasteiger partial charge < -0.3 is 4.90 Å². The van der Waals surface area contributed by atoms with Crippen molar-refractivity contribution in [2.45, 2.75) is 38.3 Å². The summed E-state index contributed by atoms with van der Waals surface area (Å²) < 4.78 is 1.93. The number of aryl methyl sites for hydroxylation is 1. The van der Waals surface area contributed by atoms with E-state index in [9.17, 15) is 4.79 Å². The highest BCUT2D eigenvalue weighted by molar-refractivity contribution is 7.09. The van der Waals surface area contributed by atoms with Crippen molar-refractivity contribution in [1.82, 2.24) is 14.7 Å². The fourth-order valence-corrected chi connectivity index (χ4v) is 3.52. The SMILES string of the molecule is O=C(CCc1cccs1)N1CCCC1Cn1cccn1. The normalized spacial score (nSPS) is 18.6. The molecule has 2 aromatic heterocycles. The summed E-state index contributed by atoms with van der Waals surface area (Å²) in [7, 11) is 0. The Morgan fingerprint density at radius 1 is 1.45 bits per heavy atom. The molecule has 1 aliphatic rings. The third-order valence-electron chi connectivity index (χ3n) is 3.82. The van der Waals surface area contributed by atoms with Crippen LogP contribution in [0, 0.1) is 0 Å². The molecule has 3 heterocycles. The Morgan fingerprint density at radius 3 is 3.15 bits per heavy atom. The molecule has 0 radical (unpaired) electrons. The summed E-state index contributed by atoms with van der Waals surface area (Å²) >= 11 is 1.73. The lowest BCUT2D eigenvalue weighted by molar-refractivity contribution is -0.132. The fourth-order valence-electron chi connectivity index (χ4n) is 2.81. The van der Waals surface area contributed by atoms with Gasteiger partial charge in [-0.05, 0) is 36.8 Å². The van der Waals surface area contributed by atoms with Gasteiger partial charge >= 0.3 is 0 Å². The second kappa shape index (κ2) is 6.22. The monoisotopic (exact) mass is 289 g/mol. The maximum absolute atomic E-state index is 12.4. The molecular formula is C15H19N3OS. The van der Waals surface area contributed by atoms with E-state index in [-0.39, 0.29) is 5.91 Å². The van der Waals surface area contributed by atoms with Crippen molar-refractivity contribution in [1.29, 1.82) is 0 Å². The van der Waals surface area contributed by atoms with E-state index in [0.29, 0.717) is 12.5 Å². The van der Waals surface area contributed by atoms with Crippen LogP contribution in [0.5, 0.6) is 0 Å². The van der Waals surface area contributed by atoms with Gasteiger partial charge in [-0.1, -0.05) is 6.07 Å². The first-order valence-corrected chi connectivity index (χ1v) is 8.00. The summed E-state index contributed by atoms with van der Waals surface area (Å²) in [5.74, 6) is 0.285. The second-order valence-corrected chi connectivity index (χ2v) is 6.22. The Kier molecular flexibility index (Phi) is 4.16. The van der Waals surface area contributed by atoms with Gasteiger partial charge in [-0.3, -0.25) is 9.48 Å². The van der Waals surface area contributed by atoms with Crippen molar-refractivity contribution in [2.24, 2.45) is 0 Å². The number of hydrogen-bond acceptors (Lipinski definition) is 3. The van der Waals surface area contributed by atoms with Crippen LogP contribution >= 0.6 is 11.3 Å². The Hall–Kier alpha value is -1.62. The predicted octanol–water partition coefficient (Wildman–Crippen LogP) is 2.57. The molecule has 106 valence electrons. The van der Waals surface area contributed by atoms with Gasteiger partial charge in [-0.2, -0.15) is 5.10 Å². The number of rotatable bonds is 5. The minimum absolute atomic E-state index is 0.285. The zero-order valence-corrected chi connectivity index (χ0v) is 12.3. The molecule has 0 aromatic carbocycles. The summed E-state index contributed by atoms with van der Waals surface area (Å²) in [6.07, 6.45) is 7.43. The van der Waals surface area contributed by atoms with Crippen molar-refractivity contribution in [3.05, 3.63) is 40.8 Å². The van der Waals surface area contributed by atoms with Crippen LogP contribution in [0.4, 0.5) is 0 Å². The number of nitrogens with zero attached hydrogens (tertiary/aromatic N) is 3. The molecular weight excluding hydrogens is 270 g/mol. The molecule has 2 aromatic rings. The van der Waals surface area contributed by atoms with E-state index >= 15 is 0 Å². The average molecular weight is 289 g/mol. The standard InChI is InChI=1S/C15H19N3OS/c19-15(7-6-14-5-2-11-20-14)18-10-1-4-13(18)12-17-9-3-8-16-17/h2-3,5,8-9,11,13H,1,4,6-7,10,12H2. The molecule has 1 fully saturated rings. The molecule has 0 aliphatic carbocycles. The van der Waals surface area contributed by atoms with Gasteiger partial charge in [-0.15, -0.1) is 11.3 Å². The molecule has 3 rings (SSSR count). The van der Waals surface area contributed by atoms with Crippen molar-refractivity contribution in [3.63, 3.8) is 0 Å². The minimum atomic E-state index is 0.285. The molecule has 0 N–H and O–H groups in total. The Bertz CT molecular complexity index is 535. The molecule has 4 nitrogen and oxygen atoms in total. The van der Waals surface area contributed by atoms with Crippen molar-refractivity contribution in [2.75, 3.05) is 6.54 Å². The summed E-state index contributed by atoms with van der Waals surface area (Å²) in [5, 5.41) is 6.31. The van der Waals surface area contributed by atoms with E-state index in [0.717, 1.165) is 32.4 Å². The lowest BCUT2D eigenvalue weighted by atomic mass is 10.2. The smallest absolute Gasteiger partial charge is 0.223 e. The topological polar surface area (TPSA) is 38.1 Å². The van der Waals surface area contributed by atoms with Gasteiger partial charge in [0.2, 0.25) is 5.91 Å². The zero-order chi connectivity index (χ0) is 13.8. The highest BCUT2D eigenvalue weighted by atomic mass is 32.1. The predicted molar refractivity (Wildman–Crippen MR) is 79.6 cm³/mol. The number of thiophene rings is 1. The Labute approximate surface area is 123 Å². The molecule has 0 bridgehead atoms. The van der Waals surface area contributed by atoms with Gasteiger partial charge in [0.15, 0.2) is 0 Å². The number of likely N-dealkylation sites (tertiary alicyclic amines) is 1. The van der Waals surface area contributed by atoms with E-state index in [1.807, 2.05) is 23.0 Å². The van der Waals surface area contributed by atoms with Crippen LogP contribution in [-0.2, 0) is 17.8 Å². The third kappa shape index (κ3) is 3.10. The van der Waals surface area contributed by atoms with E-state index in [1.54, 1.807) is 17.5 Å². The average Bonchev–Trinajstić information content (AvgIpc) is 3.19. The Balaban J connectivity index is 1.55.